The van der Waals surface area contributed by atoms with Crippen molar-refractivity contribution in [1.29, 1.82) is 5.39 Å². The maximum atomic E-state index is 11.6. The third-order valence-corrected chi connectivity index (χ3v) is 3.96. The van der Waals surface area contributed by atoms with Gasteiger partial charge in [-0.3, -0.25) is 0 Å². The normalized spacial score (nSPS) is 11.3. The molecule has 8 heteroatoms. The number of hydrogen-bond donors (Lipinski definition) is 1. The maximum Gasteiger partial charge on any atom is 0.428 e. The lowest BCUT2D eigenvalue weighted by molar-refractivity contribution is 0.484. The molecule has 0 spiro atoms. The highest BCUT2D eigenvalue weighted by atomic mass is 35.5. The Morgan fingerprint density at radius 2 is 1.89 bits per heavy atom. The van der Waals surface area contributed by atoms with Crippen LogP contribution in [0.25, 0.3) is 15.7 Å². The van der Waals surface area contributed by atoms with E-state index in [0.717, 1.165) is 6.07 Å². The lowest BCUT2D eigenvalue weighted by Crippen LogP contribution is -2.00. The molecule has 0 unspecified atom stereocenters. The van der Waals surface area contributed by atoms with E-state index in [1.165, 1.54) is 12.1 Å². The highest BCUT2D eigenvalue weighted by Crippen LogP contribution is 2.39. The topological polar surface area (TPSA) is 91.8 Å². The first kappa shape index (κ1) is 12.6. The zero-order chi connectivity index (χ0) is 13.3. The summed E-state index contributed by atoms with van der Waals surface area (Å²) in [4.78, 5) is 2.52. The molecule has 18 heavy (non-hydrogen) atoms. The summed E-state index contributed by atoms with van der Waals surface area (Å²) >= 11 is 4.92. The first-order chi connectivity index (χ1) is 8.51. The number of aromatic hydroxyl groups is 1. The summed E-state index contributed by atoms with van der Waals surface area (Å²) in [5, 5.41) is 18.9. The zero-order valence-electron chi connectivity index (χ0n) is 8.74. The van der Waals surface area contributed by atoms with Crippen molar-refractivity contribution in [2.45, 2.75) is 4.90 Å². The maximum absolute atomic E-state index is 11.6. The number of phenols is 1. The second kappa shape index (κ2) is 4.42. The molecule has 2 aromatic carbocycles. The molecule has 6 nitrogen and oxygen atoms in total. The van der Waals surface area contributed by atoms with Gasteiger partial charge in [0.1, 0.15) is 4.90 Å². The summed E-state index contributed by atoms with van der Waals surface area (Å²) in [7, 11) is -4.19. The molecule has 0 radical (unpaired) electrons. The van der Waals surface area contributed by atoms with Crippen molar-refractivity contribution in [2.75, 3.05) is 0 Å². The van der Waals surface area contributed by atoms with Gasteiger partial charge in [0, 0.05) is 10.8 Å². The van der Waals surface area contributed by atoms with Crippen LogP contribution in [0.3, 0.4) is 0 Å². The Labute approximate surface area is 107 Å². The molecule has 0 heterocycles. The van der Waals surface area contributed by atoms with Gasteiger partial charge in [0.15, 0.2) is 4.98 Å². The molecule has 92 valence electrons. The predicted molar refractivity (Wildman–Crippen MR) is 64.5 cm³/mol. The molecule has 1 N–H and O–H groups in total. The molecule has 0 aromatic heterocycles. The average Bonchev–Trinajstić information content (AvgIpc) is 2.39. The lowest BCUT2D eigenvalue weighted by Gasteiger charge is -2.04. The van der Waals surface area contributed by atoms with Crippen LogP contribution >= 0.6 is 11.9 Å². The van der Waals surface area contributed by atoms with E-state index in [-0.39, 0.29) is 27.1 Å². The third-order valence-electron chi connectivity index (χ3n) is 2.42. The van der Waals surface area contributed by atoms with E-state index in [1.54, 1.807) is 12.1 Å². The van der Waals surface area contributed by atoms with Crippen molar-refractivity contribution in [3.63, 3.8) is 0 Å². The number of hydrogen-bond acceptors (Lipinski definition) is 5. The van der Waals surface area contributed by atoms with Gasteiger partial charge in [-0.05, 0) is 0 Å². The van der Waals surface area contributed by atoms with E-state index >= 15 is 0 Å². The minimum atomic E-state index is -4.19. The van der Waals surface area contributed by atoms with E-state index in [0.29, 0.717) is 0 Å². The van der Waals surface area contributed by atoms with Crippen LogP contribution < -0.4 is 0 Å². The highest BCUT2D eigenvalue weighted by Gasteiger charge is 2.27. The van der Waals surface area contributed by atoms with Gasteiger partial charge in [0.25, 0.3) is 0 Å². The molecule has 0 atom stereocenters. The number of fused-ring (bicyclic) bond motifs is 1. The minimum absolute atomic E-state index is 0.208. The van der Waals surface area contributed by atoms with E-state index < -0.39 is 10.1 Å². The van der Waals surface area contributed by atoms with Crippen molar-refractivity contribution >= 4 is 38.4 Å². The molecule has 0 bridgehead atoms. The van der Waals surface area contributed by atoms with Gasteiger partial charge in [0.2, 0.25) is 11.1 Å². The standard InChI is InChI=1S/C10H5ClN2O4S/c11-17-18(15,16)9-5-8(13-12)10(14)7-4-2-1-3-6(7)9/h1-5H/p+1. The van der Waals surface area contributed by atoms with Crippen LogP contribution in [0.5, 0.6) is 5.75 Å². The fraction of sp³-hybridized carbons (Fsp3) is 0. The molecule has 2 rings (SSSR count). The van der Waals surface area contributed by atoms with Crippen LogP contribution in [0.4, 0.5) is 5.69 Å². The molecule has 0 saturated heterocycles. The number of nitrogens with zero attached hydrogens (tertiary/aromatic N) is 2. The molecule has 0 saturated carbocycles. The van der Waals surface area contributed by atoms with Crippen LogP contribution in [0.1, 0.15) is 0 Å². The molecular formula is C10H6ClN2O4S+. The van der Waals surface area contributed by atoms with Crippen molar-refractivity contribution in [1.82, 2.24) is 0 Å². The summed E-state index contributed by atoms with van der Waals surface area (Å²) in [6, 6.07) is 7.10. The molecule has 0 aliphatic carbocycles. The van der Waals surface area contributed by atoms with Crippen molar-refractivity contribution < 1.29 is 17.3 Å². The largest absolute Gasteiger partial charge is 0.501 e. The monoisotopic (exact) mass is 285 g/mol. The van der Waals surface area contributed by atoms with E-state index in [2.05, 4.69) is 8.71 Å². The second-order valence-electron chi connectivity index (χ2n) is 3.41. The molecular weight excluding hydrogens is 280 g/mol. The lowest BCUT2D eigenvalue weighted by atomic mass is 10.1. The highest BCUT2D eigenvalue weighted by molar-refractivity contribution is 7.87. The van der Waals surface area contributed by atoms with Gasteiger partial charge in [-0.2, -0.15) is 12.2 Å². The Morgan fingerprint density at radius 3 is 2.44 bits per heavy atom. The first-order valence-corrected chi connectivity index (χ1v) is 6.38. The summed E-state index contributed by atoms with van der Waals surface area (Å²) in [5.41, 5.74) is -0.291. The van der Waals surface area contributed by atoms with E-state index in [4.69, 9.17) is 17.3 Å². The van der Waals surface area contributed by atoms with Gasteiger partial charge in [-0.1, -0.05) is 24.3 Å². The van der Waals surface area contributed by atoms with Crippen LogP contribution in [0, 0.1) is 5.39 Å². The molecule has 0 fully saturated rings. The molecule has 0 aliphatic rings. The van der Waals surface area contributed by atoms with Crippen LogP contribution in [0.15, 0.2) is 35.2 Å². The van der Waals surface area contributed by atoms with Crippen LogP contribution in [-0.2, 0) is 13.9 Å². The fourth-order valence-corrected chi connectivity index (χ4v) is 2.60. The minimum Gasteiger partial charge on any atom is -0.501 e. The Morgan fingerprint density at radius 1 is 1.28 bits per heavy atom. The number of rotatable bonds is 2. The Hall–Kier alpha value is -1.88. The first-order valence-electron chi connectivity index (χ1n) is 4.66. The second-order valence-corrected chi connectivity index (χ2v) is 5.26. The Kier molecular flexibility index (Phi) is 3.09. The van der Waals surface area contributed by atoms with Crippen molar-refractivity contribution in [3.8, 4) is 5.75 Å². The van der Waals surface area contributed by atoms with Gasteiger partial charge in [-0.15, -0.1) is 0 Å². The van der Waals surface area contributed by atoms with Gasteiger partial charge < -0.3 is 5.11 Å². The van der Waals surface area contributed by atoms with Gasteiger partial charge in [-0.25, -0.2) is 0 Å². The quantitative estimate of drug-likeness (QED) is 0.857. The summed E-state index contributed by atoms with van der Waals surface area (Å²) < 4.78 is 27.2. The van der Waals surface area contributed by atoms with Crippen molar-refractivity contribution in [3.05, 3.63) is 35.3 Å². The number of benzene rings is 2. The van der Waals surface area contributed by atoms with Gasteiger partial charge in [0.05, 0.1) is 17.9 Å². The molecule has 2 aromatic rings. The Balaban J connectivity index is 3.00. The zero-order valence-corrected chi connectivity index (χ0v) is 10.3. The van der Waals surface area contributed by atoms with E-state index in [9.17, 15) is 13.5 Å². The number of phenolic OH excluding ortho intramolecular Hbond substituents is 1. The SMILES string of the molecule is N#[N+]c1cc(S(=O)(=O)OCl)c2ccccc2c1O. The van der Waals surface area contributed by atoms with Crippen LogP contribution in [0.2, 0.25) is 0 Å². The molecule has 0 aliphatic heterocycles. The van der Waals surface area contributed by atoms with E-state index in [1.807, 2.05) is 0 Å². The summed E-state index contributed by atoms with van der Waals surface area (Å²) in [6.07, 6.45) is 0. The third kappa shape index (κ3) is 1.86. The summed E-state index contributed by atoms with van der Waals surface area (Å²) in [5.74, 6) is -0.332. The summed E-state index contributed by atoms with van der Waals surface area (Å²) in [6.45, 7) is 0. The Bertz CT molecular complexity index is 767. The van der Waals surface area contributed by atoms with Crippen LogP contribution in [-0.4, -0.2) is 13.5 Å². The average molecular weight is 286 g/mol. The smallest absolute Gasteiger partial charge is 0.428 e. The predicted octanol–water partition coefficient (Wildman–Crippen LogP) is 2.89. The fourth-order valence-electron chi connectivity index (χ4n) is 1.63. The molecule has 0 amide bonds. The number of diazo groups is 1. The van der Waals surface area contributed by atoms with Gasteiger partial charge >= 0.3 is 15.8 Å². The number of halogens is 1. The van der Waals surface area contributed by atoms with Crippen molar-refractivity contribution in [2.24, 2.45) is 0 Å².